The van der Waals surface area contributed by atoms with Crippen molar-refractivity contribution in [3.63, 3.8) is 0 Å². The molecule has 0 bridgehead atoms. The third kappa shape index (κ3) is 3.12. The molecule has 2 amide bonds. The number of hydroxylamine groups is 1. The zero-order valence-corrected chi connectivity index (χ0v) is 10.1. The lowest BCUT2D eigenvalue weighted by atomic mass is 10.2. The summed E-state index contributed by atoms with van der Waals surface area (Å²) in [6.45, 7) is 4.30. The van der Waals surface area contributed by atoms with Crippen molar-refractivity contribution in [3.05, 3.63) is 28.8 Å². The van der Waals surface area contributed by atoms with E-state index < -0.39 is 6.03 Å². The van der Waals surface area contributed by atoms with Crippen molar-refractivity contribution in [1.29, 1.82) is 0 Å². The zero-order valence-electron chi connectivity index (χ0n) is 9.33. The summed E-state index contributed by atoms with van der Waals surface area (Å²) in [5, 5.41) is 13.1. The van der Waals surface area contributed by atoms with Crippen LogP contribution in [0.4, 0.5) is 10.5 Å². The van der Waals surface area contributed by atoms with Crippen molar-refractivity contribution < 1.29 is 10.0 Å². The highest BCUT2D eigenvalue weighted by molar-refractivity contribution is 6.33. The van der Waals surface area contributed by atoms with Gasteiger partial charge in [-0.05, 0) is 31.0 Å². The average molecular weight is 243 g/mol. The van der Waals surface area contributed by atoms with Crippen LogP contribution in [-0.4, -0.2) is 17.8 Å². The molecule has 0 saturated carbocycles. The van der Waals surface area contributed by atoms with Crippen molar-refractivity contribution in [3.8, 4) is 0 Å². The van der Waals surface area contributed by atoms with Gasteiger partial charge >= 0.3 is 6.03 Å². The second-order valence-corrected chi connectivity index (χ2v) is 3.91. The van der Waals surface area contributed by atoms with E-state index in [1.165, 1.54) is 0 Å². The normalized spacial score (nSPS) is 10.0. The Morgan fingerprint density at radius 2 is 2.25 bits per heavy atom. The van der Waals surface area contributed by atoms with Crippen LogP contribution in [0.25, 0.3) is 0 Å². The Kier molecular flexibility index (Phi) is 4.58. The number of hydrogen-bond donors (Lipinski definition) is 2. The molecule has 5 heteroatoms. The van der Waals surface area contributed by atoms with E-state index in [-0.39, 0.29) is 5.69 Å². The summed E-state index contributed by atoms with van der Waals surface area (Å²) in [4.78, 5) is 11.5. The molecule has 1 aromatic carbocycles. The van der Waals surface area contributed by atoms with Crippen LogP contribution in [0.5, 0.6) is 0 Å². The highest BCUT2D eigenvalue weighted by Crippen LogP contribution is 2.25. The number of anilines is 1. The quantitative estimate of drug-likeness (QED) is 0.633. The number of amides is 2. The van der Waals surface area contributed by atoms with E-state index in [9.17, 15) is 10.0 Å². The van der Waals surface area contributed by atoms with Gasteiger partial charge in [0.1, 0.15) is 0 Å². The lowest BCUT2D eigenvalue weighted by Crippen LogP contribution is -2.38. The van der Waals surface area contributed by atoms with Gasteiger partial charge in [0, 0.05) is 6.54 Å². The van der Waals surface area contributed by atoms with Crippen LogP contribution in [-0.2, 0) is 0 Å². The van der Waals surface area contributed by atoms with Crippen LogP contribution >= 0.6 is 11.6 Å². The third-order valence-electron chi connectivity index (χ3n) is 2.05. The molecular weight excluding hydrogens is 228 g/mol. The summed E-state index contributed by atoms with van der Waals surface area (Å²) in [5.74, 6) is 0. The van der Waals surface area contributed by atoms with Gasteiger partial charge in [-0.1, -0.05) is 24.6 Å². The van der Waals surface area contributed by atoms with Crippen molar-refractivity contribution in [1.82, 2.24) is 5.32 Å². The number of hydrogen-bond acceptors (Lipinski definition) is 2. The van der Waals surface area contributed by atoms with Gasteiger partial charge in [0.15, 0.2) is 0 Å². The lowest BCUT2D eigenvalue weighted by Gasteiger charge is -2.17. The van der Waals surface area contributed by atoms with Crippen LogP contribution in [0.3, 0.4) is 0 Å². The second kappa shape index (κ2) is 5.72. The van der Waals surface area contributed by atoms with Crippen LogP contribution in [0.1, 0.15) is 18.9 Å². The highest BCUT2D eigenvalue weighted by Gasteiger charge is 2.15. The molecule has 0 aliphatic carbocycles. The molecule has 0 spiro atoms. The molecule has 88 valence electrons. The fraction of sp³-hybridized carbons (Fsp3) is 0.364. The molecule has 0 unspecified atom stereocenters. The Morgan fingerprint density at radius 1 is 1.56 bits per heavy atom. The SMILES string of the molecule is CCCNC(=O)N(O)c1cc(C)ccc1Cl. The first-order valence-corrected chi connectivity index (χ1v) is 5.47. The molecule has 0 saturated heterocycles. The Hall–Kier alpha value is -1.26. The van der Waals surface area contributed by atoms with E-state index in [0.717, 1.165) is 12.0 Å². The molecule has 0 aliphatic rings. The number of carbonyl (C=O) groups is 1. The number of benzene rings is 1. The van der Waals surface area contributed by atoms with Gasteiger partial charge in [0.05, 0.1) is 10.7 Å². The molecule has 0 radical (unpaired) electrons. The van der Waals surface area contributed by atoms with Gasteiger partial charge in [0.2, 0.25) is 0 Å². The van der Waals surface area contributed by atoms with Gasteiger partial charge in [-0.2, -0.15) is 5.06 Å². The predicted octanol–water partition coefficient (Wildman–Crippen LogP) is 2.96. The summed E-state index contributed by atoms with van der Waals surface area (Å²) >= 11 is 5.89. The van der Waals surface area contributed by atoms with Gasteiger partial charge < -0.3 is 5.32 Å². The standard InChI is InChI=1S/C11H15ClN2O2/c1-3-6-13-11(15)14(16)10-7-8(2)4-5-9(10)12/h4-5,7,16H,3,6H2,1-2H3,(H,13,15). The van der Waals surface area contributed by atoms with Gasteiger partial charge in [-0.25, -0.2) is 4.79 Å². The van der Waals surface area contributed by atoms with Crippen LogP contribution in [0, 0.1) is 6.92 Å². The molecule has 2 N–H and O–H groups in total. The Balaban J connectivity index is 2.82. The number of urea groups is 1. The minimum absolute atomic E-state index is 0.287. The first-order chi connectivity index (χ1) is 7.56. The van der Waals surface area contributed by atoms with E-state index in [4.69, 9.17) is 11.6 Å². The third-order valence-corrected chi connectivity index (χ3v) is 2.37. The Bertz CT molecular complexity index is 382. The topological polar surface area (TPSA) is 52.6 Å². The maximum atomic E-state index is 11.5. The molecule has 16 heavy (non-hydrogen) atoms. The summed E-state index contributed by atoms with van der Waals surface area (Å²) in [7, 11) is 0. The molecule has 1 rings (SSSR count). The molecular formula is C11H15ClN2O2. The van der Waals surface area contributed by atoms with E-state index in [1.807, 2.05) is 19.9 Å². The van der Waals surface area contributed by atoms with E-state index in [1.54, 1.807) is 12.1 Å². The summed E-state index contributed by atoms with van der Waals surface area (Å²) in [5.41, 5.74) is 1.21. The molecule has 0 atom stereocenters. The molecule has 4 nitrogen and oxygen atoms in total. The van der Waals surface area contributed by atoms with E-state index in [0.29, 0.717) is 16.6 Å². The number of aryl methyl sites for hydroxylation is 1. The van der Waals surface area contributed by atoms with Crippen molar-refractivity contribution in [2.45, 2.75) is 20.3 Å². The maximum absolute atomic E-state index is 11.5. The molecule has 0 fully saturated rings. The van der Waals surface area contributed by atoms with Gasteiger partial charge in [0.25, 0.3) is 0 Å². The fourth-order valence-corrected chi connectivity index (χ4v) is 1.40. The fourth-order valence-electron chi connectivity index (χ4n) is 1.20. The molecule has 0 heterocycles. The maximum Gasteiger partial charge on any atom is 0.346 e. The minimum atomic E-state index is -0.575. The molecule has 0 aromatic heterocycles. The summed E-state index contributed by atoms with van der Waals surface area (Å²) in [6, 6.07) is 4.52. The smallest absolute Gasteiger partial charge is 0.336 e. The second-order valence-electron chi connectivity index (χ2n) is 3.50. The minimum Gasteiger partial charge on any atom is -0.336 e. The lowest BCUT2D eigenvalue weighted by molar-refractivity contribution is 0.204. The first kappa shape index (κ1) is 12.8. The average Bonchev–Trinajstić information content (AvgIpc) is 2.28. The first-order valence-electron chi connectivity index (χ1n) is 5.09. The number of nitrogens with zero attached hydrogens (tertiary/aromatic N) is 1. The number of nitrogens with one attached hydrogen (secondary N) is 1. The van der Waals surface area contributed by atoms with Gasteiger partial charge in [-0.3, -0.25) is 5.21 Å². The highest BCUT2D eigenvalue weighted by atomic mass is 35.5. The number of halogens is 1. The zero-order chi connectivity index (χ0) is 12.1. The van der Waals surface area contributed by atoms with Crippen LogP contribution < -0.4 is 10.4 Å². The molecule has 0 aliphatic heterocycles. The number of carbonyl (C=O) groups excluding carboxylic acids is 1. The number of rotatable bonds is 3. The Labute approximate surface area is 99.8 Å². The van der Waals surface area contributed by atoms with Crippen molar-refractivity contribution in [2.75, 3.05) is 11.6 Å². The summed E-state index contributed by atoms with van der Waals surface area (Å²) < 4.78 is 0. The monoisotopic (exact) mass is 242 g/mol. The predicted molar refractivity (Wildman–Crippen MR) is 64.1 cm³/mol. The van der Waals surface area contributed by atoms with Crippen molar-refractivity contribution >= 4 is 23.3 Å². The van der Waals surface area contributed by atoms with E-state index in [2.05, 4.69) is 5.32 Å². The van der Waals surface area contributed by atoms with Gasteiger partial charge in [-0.15, -0.1) is 0 Å². The van der Waals surface area contributed by atoms with E-state index >= 15 is 0 Å². The van der Waals surface area contributed by atoms with Crippen molar-refractivity contribution in [2.24, 2.45) is 0 Å². The van der Waals surface area contributed by atoms with Crippen LogP contribution in [0.2, 0.25) is 5.02 Å². The molecule has 1 aromatic rings. The van der Waals surface area contributed by atoms with Crippen LogP contribution in [0.15, 0.2) is 18.2 Å². The Morgan fingerprint density at radius 3 is 2.88 bits per heavy atom. The largest absolute Gasteiger partial charge is 0.346 e. The summed E-state index contributed by atoms with van der Waals surface area (Å²) in [6.07, 6.45) is 0.807.